The van der Waals surface area contributed by atoms with Crippen LogP contribution < -0.4 is 5.32 Å². The number of aliphatic carboxylic acids is 1. The zero-order valence-electron chi connectivity index (χ0n) is 23.4. The number of benzene rings is 3. The number of aliphatic hydroxyl groups excluding tert-OH is 1. The average Bonchev–Trinajstić information content (AvgIpc) is 3.70. The first kappa shape index (κ1) is 29.6. The highest BCUT2D eigenvalue weighted by molar-refractivity contribution is 5.83. The fraction of sp³-hybridized carbons (Fsp3) is 0.424. The number of aryl methyl sites for hydroxylation is 2. The molecule has 1 aliphatic carbocycles. The largest absolute Gasteiger partial charge is 0.478 e. The first-order valence-electron chi connectivity index (χ1n) is 13.5. The molecule has 0 radical (unpaired) electrons. The molecule has 0 spiro atoms. The minimum absolute atomic E-state index is 0.0927. The van der Waals surface area contributed by atoms with Crippen LogP contribution in [0.3, 0.4) is 0 Å². The zero-order chi connectivity index (χ0) is 27.7. The number of rotatable bonds is 11. The number of hydrogen-bond acceptors (Lipinski definition) is 4. The molecule has 0 amide bonds. The van der Waals surface area contributed by atoms with Gasteiger partial charge in [-0.3, -0.25) is 0 Å². The maximum absolute atomic E-state index is 10.7. The van der Waals surface area contributed by atoms with E-state index >= 15 is 0 Å². The number of carboxylic acid groups (broad SMARTS) is 1. The Balaban J connectivity index is 0.000000599. The van der Waals surface area contributed by atoms with Crippen LogP contribution in [0.1, 0.15) is 62.0 Å². The van der Waals surface area contributed by atoms with Crippen LogP contribution in [-0.2, 0) is 16.0 Å². The summed E-state index contributed by atoms with van der Waals surface area (Å²) >= 11 is 0. The van der Waals surface area contributed by atoms with Gasteiger partial charge in [0.15, 0.2) is 0 Å². The summed E-state index contributed by atoms with van der Waals surface area (Å²) in [7, 11) is 0. The summed E-state index contributed by atoms with van der Waals surface area (Å²) in [6, 6.07) is 21.7. The Labute approximate surface area is 227 Å². The smallest absolute Gasteiger partial charge is 0.327 e. The Kier molecular flexibility index (Phi) is 10.7. The normalized spacial score (nSPS) is 15.2. The second-order valence-electron chi connectivity index (χ2n) is 11.1. The van der Waals surface area contributed by atoms with Crippen molar-refractivity contribution < 1.29 is 19.7 Å². The zero-order valence-corrected chi connectivity index (χ0v) is 23.4. The number of carbonyl (C=O) groups is 1. The Morgan fingerprint density at radius 1 is 1.08 bits per heavy atom. The quantitative estimate of drug-likeness (QED) is 0.252. The van der Waals surface area contributed by atoms with Gasteiger partial charge in [0.2, 0.25) is 0 Å². The van der Waals surface area contributed by atoms with Gasteiger partial charge in [0.05, 0.1) is 18.8 Å². The van der Waals surface area contributed by atoms with Crippen molar-refractivity contribution in [2.24, 2.45) is 5.92 Å². The third-order valence-corrected chi connectivity index (χ3v) is 6.85. The van der Waals surface area contributed by atoms with Gasteiger partial charge in [0.1, 0.15) is 0 Å². The lowest BCUT2D eigenvalue weighted by Gasteiger charge is -2.29. The van der Waals surface area contributed by atoms with Gasteiger partial charge in [0.25, 0.3) is 0 Å². The molecule has 5 nitrogen and oxygen atoms in total. The van der Waals surface area contributed by atoms with Crippen LogP contribution in [0.5, 0.6) is 0 Å². The molecule has 1 saturated carbocycles. The number of β-amino-alcohol motifs (C(OH)–C–C–N with tert-alkyl or cyclic N) is 1. The Morgan fingerprint density at radius 2 is 1.79 bits per heavy atom. The molecular weight excluding hydrogens is 474 g/mol. The predicted molar refractivity (Wildman–Crippen MR) is 156 cm³/mol. The molecule has 0 saturated heterocycles. The monoisotopic (exact) mass is 517 g/mol. The van der Waals surface area contributed by atoms with Gasteiger partial charge in [-0.15, -0.1) is 0 Å². The van der Waals surface area contributed by atoms with E-state index in [4.69, 9.17) is 9.84 Å². The lowest BCUT2D eigenvalue weighted by molar-refractivity contribution is -0.131. The van der Waals surface area contributed by atoms with Crippen LogP contribution in [0, 0.1) is 19.8 Å². The molecule has 0 heterocycles. The van der Waals surface area contributed by atoms with E-state index in [1.54, 1.807) is 6.92 Å². The topological polar surface area (TPSA) is 78.8 Å². The summed E-state index contributed by atoms with van der Waals surface area (Å²) in [6.45, 7) is 11.2. The van der Waals surface area contributed by atoms with Gasteiger partial charge in [-0.2, -0.15) is 0 Å². The van der Waals surface area contributed by atoms with E-state index in [-0.39, 0.29) is 11.6 Å². The highest BCUT2D eigenvalue weighted by Crippen LogP contribution is 2.44. The molecule has 0 bridgehead atoms. The first-order chi connectivity index (χ1) is 18.1. The van der Waals surface area contributed by atoms with Crippen LogP contribution in [0.25, 0.3) is 10.8 Å². The SMILES string of the molecule is C/C=C/C(=O)O.Cc1ccc(C)c(C(OC[C@H](O)CNC(C)(C)Cc2ccc3ccccc3c2)C2CC2)c1. The van der Waals surface area contributed by atoms with Gasteiger partial charge in [0, 0.05) is 18.2 Å². The van der Waals surface area contributed by atoms with E-state index in [0.717, 1.165) is 12.5 Å². The number of hydrogen-bond donors (Lipinski definition) is 3. The number of carboxylic acids is 1. The van der Waals surface area contributed by atoms with Gasteiger partial charge in [-0.05, 0) is 87.3 Å². The van der Waals surface area contributed by atoms with Crippen molar-refractivity contribution in [2.45, 2.75) is 71.6 Å². The summed E-state index contributed by atoms with van der Waals surface area (Å²) in [4.78, 5) is 9.51. The van der Waals surface area contributed by atoms with Crippen LogP contribution in [0.2, 0.25) is 0 Å². The summed E-state index contributed by atoms with van der Waals surface area (Å²) in [6.07, 6.45) is 5.45. The van der Waals surface area contributed by atoms with Gasteiger partial charge in [-0.25, -0.2) is 4.79 Å². The van der Waals surface area contributed by atoms with E-state index < -0.39 is 12.1 Å². The van der Waals surface area contributed by atoms with E-state index in [1.165, 1.54) is 51.9 Å². The Bertz CT molecular complexity index is 1230. The first-order valence-corrected chi connectivity index (χ1v) is 13.5. The Hall–Kier alpha value is -2.99. The summed E-state index contributed by atoms with van der Waals surface area (Å²) < 4.78 is 6.29. The highest BCUT2D eigenvalue weighted by atomic mass is 16.5. The van der Waals surface area contributed by atoms with Crippen molar-refractivity contribution in [3.05, 3.63) is 95.1 Å². The summed E-state index contributed by atoms with van der Waals surface area (Å²) in [5.41, 5.74) is 5.00. The second-order valence-corrected chi connectivity index (χ2v) is 11.1. The number of aliphatic hydroxyl groups is 1. The maximum atomic E-state index is 10.7. The molecule has 1 unspecified atom stereocenters. The molecule has 2 atom stereocenters. The number of allylic oxidation sites excluding steroid dienone is 1. The molecule has 38 heavy (non-hydrogen) atoms. The lowest BCUT2D eigenvalue weighted by atomic mass is 9.93. The van der Waals surface area contributed by atoms with Crippen molar-refractivity contribution in [1.29, 1.82) is 0 Å². The Morgan fingerprint density at radius 3 is 2.42 bits per heavy atom. The van der Waals surface area contributed by atoms with E-state index in [1.807, 2.05) is 0 Å². The molecule has 204 valence electrons. The maximum Gasteiger partial charge on any atom is 0.327 e. The minimum Gasteiger partial charge on any atom is -0.478 e. The molecule has 0 aliphatic heterocycles. The molecule has 3 N–H and O–H groups in total. The van der Waals surface area contributed by atoms with Gasteiger partial charge < -0.3 is 20.3 Å². The summed E-state index contributed by atoms with van der Waals surface area (Å²) in [5, 5.41) is 24.6. The van der Waals surface area contributed by atoms with Crippen LogP contribution in [-0.4, -0.2) is 41.0 Å². The molecule has 0 aromatic heterocycles. The van der Waals surface area contributed by atoms with Crippen LogP contribution >= 0.6 is 0 Å². The van der Waals surface area contributed by atoms with E-state index in [9.17, 15) is 9.90 Å². The van der Waals surface area contributed by atoms with E-state index in [2.05, 4.69) is 93.7 Å². The lowest BCUT2D eigenvalue weighted by Crippen LogP contribution is -2.46. The molecule has 1 fully saturated rings. The van der Waals surface area contributed by atoms with Crippen molar-refractivity contribution in [3.8, 4) is 0 Å². The fourth-order valence-electron chi connectivity index (χ4n) is 4.68. The molecular formula is C33H43NO4. The molecule has 3 aromatic carbocycles. The van der Waals surface area contributed by atoms with E-state index in [0.29, 0.717) is 19.1 Å². The molecule has 1 aliphatic rings. The van der Waals surface area contributed by atoms with Crippen molar-refractivity contribution in [2.75, 3.05) is 13.2 Å². The molecule has 5 heteroatoms. The third-order valence-electron chi connectivity index (χ3n) is 6.85. The summed E-state index contributed by atoms with van der Waals surface area (Å²) in [5.74, 6) is -0.308. The number of ether oxygens (including phenoxy) is 1. The predicted octanol–water partition coefficient (Wildman–Crippen LogP) is 6.54. The third kappa shape index (κ3) is 9.39. The van der Waals surface area contributed by atoms with Crippen LogP contribution in [0.4, 0.5) is 0 Å². The average molecular weight is 518 g/mol. The molecule has 3 aromatic rings. The van der Waals surface area contributed by atoms with Gasteiger partial charge >= 0.3 is 5.97 Å². The minimum atomic E-state index is -0.891. The van der Waals surface area contributed by atoms with Crippen molar-refractivity contribution in [1.82, 2.24) is 5.32 Å². The van der Waals surface area contributed by atoms with Crippen molar-refractivity contribution in [3.63, 3.8) is 0 Å². The second kappa shape index (κ2) is 13.7. The molecule has 4 rings (SSSR count). The number of nitrogens with one attached hydrogen (secondary N) is 1. The van der Waals surface area contributed by atoms with Gasteiger partial charge in [-0.1, -0.05) is 72.3 Å². The van der Waals surface area contributed by atoms with Crippen LogP contribution in [0.15, 0.2) is 72.8 Å². The highest BCUT2D eigenvalue weighted by Gasteiger charge is 2.34. The standard InChI is InChI=1S/C29H37NO2.C4H6O2/c1-20-9-10-21(2)27(15-20)28(24-13-14-24)32-19-26(31)18-30-29(3,4)17-22-11-12-23-7-5-6-8-25(23)16-22;1-2-3-4(5)6/h5-12,15-16,24,26,28,30-31H,13-14,17-19H2,1-4H3;2-3H,1H3,(H,5,6)/b;3-2+/t26-,28?;/m1./s1. The van der Waals surface area contributed by atoms with Crippen molar-refractivity contribution >= 4 is 16.7 Å². The number of fused-ring (bicyclic) bond motifs is 1. The fourth-order valence-corrected chi connectivity index (χ4v) is 4.68.